The van der Waals surface area contributed by atoms with E-state index in [0.717, 1.165) is 31.5 Å². The van der Waals surface area contributed by atoms with Crippen LogP contribution < -0.4 is 10.6 Å². The van der Waals surface area contributed by atoms with Gasteiger partial charge < -0.3 is 15.5 Å². The molecule has 0 spiro atoms. The predicted molar refractivity (Wildman–Crippen MR) is 103 cm³/mol. The Kier molecular flexibility index (Phi) is 6.92. The van der Waals surface area contributed by atoms with E-state index < -0.39 is 0 Å². The average molecular weight is 357 g/mol. The van der Waals surface area contributed by atoms with Gasteiger partial charge in [-0.1, -0.05) is 49.6 Å². The van der Waals surface area contributed by atoms with Crippen molar-refractivity contribution in [2.75, 3.05) is 19.6 Å². The van der Waals surface area contributed by atoms with Gasteiger partial charge in [0.05, 0.1) is 5.92 Å². The number of carbonyl (C=O) groups is 2. The summed E-state index contributed by atoms with van der Waals surface area (Å²) in [6, 6.07) is 9.82. The standard InChI is InChI=1S/C21H31N3O2/c25-20(22-14-17-8-3-1-4-9-17)19-12-7-13-24(16-19)21(26)23-15-18-10-5-2-6-11-18/h2,5-6,10-11,17,19H,1,3-4,7-9,12-16H2,(H,22,25)(H,23,26)/t19-/m1/s1. The van der Waals surface area contributed by atoms with Crippen LogP contribution in [0.15, 0.2) is 30.3 Å². The Morgan fingerprint density at radius 3 is 2.50 bits per heavy atom. The fourth-order valence-electron chi connectivity index (χ4n) is 4.04. The van der Waals surface area contributed by atoms with E-state index in [1.165, 1.54) is 32.1 Å². The number of hydrogen-bond donors (Lipinski definition) is 2. The maximum absolute atomic E-state index is 12.5. The van der Waals surface area contributed by atoms with Crippen LogP contribution in [0.5, 0.6) is 0 Å². The van der Waals surface area contributed by atoms with E-state index in [0.29, 0.717) is 19.0 Å². The number of urea groups is 1. The van der Waals surface area contributed by atoms with Gasteiger partial charge in [-0.25, -0.2) is 4.79 Å². The van der Waals surface area contributed by atoms with Crippen molar-refractivity contribution in [1.29, 1.82) is 0 Å². The molecular formula is C21H31N3O2. The van der Waals surface area contributed by atoms with Gasteiger partial charge in [0.2, 0.25) is 5.91 Å². The Labute approximate surface area is 156 Å². The summed E-state index contributed by atoms with van der Waals surface area (Å²) in [5.74, 6) is 0.688. The number of hydrogen-bond acceptors (Lipinski definition) is 2. The fourth-order valence-corrected chi connectivity index (χ4v) is 4.04. The first-order chi connectivity index (χ1) is 12.7. The maximum Gasteiger partial charge on any atom is 0.317 e. The third-order valence-electron chi connectivity index (χ3n) is 5.66. The molecule has 5 heteroatoms. The van der Waals surface area contributed by atoms with Crippen LogP contribution in [0.4, 0.5) is 4.79 Å². The van der Waals surface area contributed by atoms with Gasteiger partial charge in [-0.2, -0.15) is 0 Å². The topological polar surface area (TPSA) is 61.4 Å². The van der Waals surface area contributed by atoms with Crippen LogP contribution in [-0.4, -0.2) is 36.5 Å². The molecule has 0 aromatic heterocycles. The van der Waals surface area contributed by atoms with Crippen LogP contribution in [0, 0.1) is 11.8 Å². The molecule has 1 aliphatic heterocycles. The zero-order valence-corrected chi connectivity index (χ0v) is 15.6. The van der Waals surface area contributed by atoms with Crippen LogP contribution in [0.2, 0.25) is 0 Å². The molecule has 1 saturated heterocycles. The molecule has 1 aromatic rings. The number of rotatable bonds is 5. The molecule has 1 aliphatic carbocycles. The highest BCUT2D eigenvalue weighted by molar-refractivity contribution is 5.80. The number of nitrogens with zero attached hydrogens (tertiary/aromatic N) is 1. The smallest absolute Gasteiger partial charge is 0.317 e. The van der Waals surface area contributed by atoms with Crippen molar-refractivity contribution in [3.63, 3.8) is 0 Å². The Hall–Kier alpha value is -2.04. The van der Waals surface area contributed by atoms with Gasteiger partial charge in [-0.05, 0) is 37.2 Å². The van der Waals surface area contributed by atoms with Crippen LogP contribution in [0.3, 0.4) is 0 Å². The van der Waals surface area contributed by atoms with Gasteiger partial charge in [0, 0.05) is 26.2 Å². The fraction of sp³-hybridized carbons (Fsp3) is 0.619. The number of amides is 3. The lowest BCUT2D eigenvalue weighted by Gasteiger charge is -2.32. The molecule has 1 heterocycles. The summed E-state index contributed by atoms with van der Waals surface area (Å²) in [5.41, 5.74) is 1.08. The minimum atomic E-state index is -0.0742. The van der Waals surface area contributed by atoms with E-state index >= 15 is 0 Å². The number of likely N-dealkylation sites (tertiary alicyclic amines) is 1. The maximum atomic E-state index is 12.5. The van der Waals surface area contributed by atoms with Gasteiger partial charge in [0.1, 0.15) is 0 Å². The van der Waals surface area contributed by atoms with E-state index in [1.807, 2.05) is 30.3 Å². The highest BCUT2D eigenvalue weighted by Gasteiger charge is 2.28. The van der Waals surface area contributed by atoms with E-state index in [4.69, 9.17) is 0 Å². The zero-order valence-electron chi connectivity index (χ0n) is 15.6. The molecular weight excluding hydrogens is 326 g/mol. The molecule has 142 valence electrons. The molecule has 1 saturated carbocycles. The number of piperidine rings is 1. The van der Waals surface area contributed by atoms with E-state index in [9.17, 15) is 9.59 Å². The second-order valence-electron chi connectivity index (χ2n) is 7.68. The minimum Gasteiger partial charge on any atom is -0.356 e. The molecule has 2 fully saturated rings. The highest BCUT2D eigenvalue weighted by Crippen LogP contribution is 2.23. The summed E-state index contributed by atoms with van der Waals surface area (Å²) in [6.07, 6.45) is 8.15. The third-order valence-corrected chi connectivity index (χ3v) is 5.66. The molecule has 2 N–H and O–H groups in total. The van der Waals surface area contributed by atoms with Crippen molar-refractivity contribution in [2.24, 2.45) is 11.8 Å². The molecule has 1 aromatic carbocycles. The first kappa shape index (κ1) is 18.7. The lowest BCUT2D eigenvalue weighted by atomic mass is 9.89. The van der Waals surface area contributed by atoms with E-state index in [2.05, 4.69) is 10.6 Å². The third kappa shape index (κ3) is 5.48. The summed E-state index contributed by atoms with van der Waals surface area (Å²) in [6.45, 7) is 2.58. The molecule has 2 aliphatic rings. The zero-order chi connectivity index (χ0) is 18.2. The quantitative estimate of drug-likeness (QED) is 0.849. The molecule has 0 bridgehead atoms. The summed E-state index contributed by atoms with van der Waals surface area (Å²) >= 11 is 0. The molecule has 1 atom stereocenters. The van der Waals surface area contributed by atoms with Crippen molar-refractivity contribution < 1.29 is 9.59 Å². The first-order valence-electron chi connectivity index (χ1n) is 10.1. The molecule has 0 radical (unpaired) electrons. The van der Waals surface area contributed by atoms with Crippen molar-refractivity contribution in [3.8, 4) is 0 Å². The van der Waals surface area contributed by atoms with Gasteiger partial charge in [-0.3, -0.25) is 4.79 Å². The predicted octanol–water partition coefficient (Wildman–Crippen LogP) is 3.30. The van der Waals surface area contributed by atoms with Crippen LogP contribution in [-0.2, 0) is 11.3 Å². The first-order valence-corrected chi connectivity index (χ1v) is 10.1. The number of nitrogens with one attached hydrogen (secondary N) is 2. The normalized spacial score (nSPS) is 21.2. The lowest BCUT2D eigenvalue weighted by Crippen LogP contribution is -2.49. The summed E-state index contributed by atoms with van der Waals surface area (Å²) in [4.78, 5) is 26.7. The second-order valence-corrected chi connectivity index (χ2v) is 7.68. The average Bonchev–Trinajstić information content (AvgIpc) is 2.72. The molecule has 5 nitrogen and oxygen atoms in total. The molecule has 3 rings (SSSR count). The van der Waals surface area contributed by atoms with Gasteiger partial charge in [0.15, 0.2) is 0 Å². The Bertz CT molecular complexity index is 584. The van der Waals surface area contributed by atoms with Crippen LogP contribution >= 0.6 is 0 Å². The highest BCUT2D eigenvalue weighted by atomic mass is 16.2. The Balaban J connectivity index is 1.42. The number of benzene rings is 1. The lowest BCUT2D eigenvalue weighted by molar-refractivity contribution is -0.126. The SMILES string of the molecule is O=C(NCC1CCCCC1)[C@@H]1CCCN(C(=O)NCc2ccccc2)C1. The minimum absolute atomic E-state index is 0.0707. The van der Waals surface area contributed by atoms with Crippen molar-refractivity contribution in [1.82, 2.24) is 15.5 Å². The summed E-state index contributed by atoms with van der Waals surface area (Å²) < 4.78 is 0. The second kappa shape index (κ2) is 9.60. The van der Waals surface area contributed by atoms with Crippen molar-refractivity contribution in [2.45, 2.75) is 51.5 Å². The Morgan fingerprint density at radius 1 is 0.962 bits per heavy atom. The van der Waals surface area contributed by atoms with Crippen molar-refractivity contribution >= 4 is 11.9 Å². The Morgan fingerprint density at radius 2 is 1.73 bits per heavy atom. The summed E-state index contributed by atoms with van der Waals surface area (Å²) in [7, 11) is 0. The molecule has 3 amide bonds. The van der Waals surface area contributed by atoms with Gasteiger partial charge in [0.25, 0.3) is 0 Å². The number of carbonyl (C=O) groups excluding carboxylic acids is 2. The van der Waals surface area contributed by atoms with E-state index in [-0.39, 0.29) is 17.9 Å². The van der Waals surface area contributed by atoms with Crippen molar-refractivity contribution in [3.05, 3.63) is 35.9 Å². The van der Waals surface area contributed by atoms with Gasteiger partial charge in [-0.15, -0.1) is 0 Å². The molecule has 26 heavy (non-hydrogen) atoms. The van der Waals surface area contributed by atoms with Gasteiger partial charge >= 0.3 is 6.03 Å². The summed E-state index contributed by atoms with van der Waals surface area (Å²) in [5, 5.41) is 6.11. The van der Waals surface area contributed by atoms with Crippen LogP contribution in [0.25, 0.3) is 0 Å². The monoisotopic (exact) mass is 357 g/mol. The molecule has 0 unspecified atom stereocenters. The van der Waals surface area contributed by atoms with Crippen LogP contribution in [0.1, 0.15) is 50.5 Å². The largest absolute Gasteiger partial charge is 0.356 e. The van der Waals surface area contributed by atoms with E-state index in [1.54, 1.807) is 4.90 Å².